The van der Waals surface area contributed by atoms with E-state index < -0.39 is 15.9 Å². The van der Waals surface area contributed by atoms with E-state index in [2.05, 4.69) is 9.97 Å². The highest BCUT2D eigenvalue weighted by Crippen LogP contribution is 2.24. The number of hydrogen-bond donors (Lipinski definition) is 1. The number of pyridine rings is 1. The van der Waals surface area contributed by atoms with Crippen LogP contribution < -0.4 is 4.72 Å². The fraction of sp³-hybridized carbons (Fsp3) is 0.0625. The first kappa shape index (κ1) is 18.4. The number of hydrogen-bond acceptors (Lipinski definition) is 5. The van der Waals surface area contributed by atoms with E-state index in [9.17, 15) is 13.2 Å². The van der Waals surface area contributed by atoms with Crippen LogP contribution in [0.2, 0.25) is 10.0 Å². The van der Waals surface area contributed by atoms with Gasteiger partial charge in [0.2, 0.25) is 0 Å². The third-order valence-corrected chi connectivity index (χ3v) is 5.57. The Hall–Kier alpha value is -2.42. The van der Waals surface area contributed by atoms with Crippen molar-refractivity contribution in [1.82, 2.24) is 19.3 Å². The summed E-state index contributed by atoms with van der Waals surface area (Å²) in [5.41, 5.74) is 0.282. The van der Waals surface area contributed by atoms with Crippen molar-refractivity contribution in [2.24, 2.45) is 7.05 Å². The van der Waals surface area contributed by atoms with Gasteiger partial charge in [0.05, 0.1) is 10.0 Å². The standard InChI is InChI=1S/C16H12Cl2N4O3S/c1-22-9-12(20-15(22)14-11(18)6-4-8-19-14)16(23)21-26(24,25)13-7-3-2-5-10(13)17/h2-9H,1H3,(H,21,23). The first-order chi connectivity index (χ1) is 12.3. The van der Waals surface area contributed by atoms with Crippen LogP contribution in [0, 0.1) is 0 Å². The number of carbonyl (C=O) groups is 1. The molecule has 0 saturated heterocycles. The first-order valence-corrected chi connectivity index (χ1v) is 9.49. The second-order valence-electron chi connectivity index (χ2n) is 5.26. The average Bonchev–Trinajstić information content (AvgIpc) is 2.97. The summed E-state index contributed by atoms with van der Waals surface area (Å²) in [6.45, 7) is 0. The van der Waals surface area contributed by atoms with Crippen LogP contribution in [0.5, 0.6) is 0 Å². The summed E-state index contributed by atoms with van der Waals surface area (Å²) >= 11 is 12.0. The molecule has 0 aliphatic rings. The van der Waals surface area contributed by atoms with Gasteiger partial charge in [0, 0.05) is 19.4 Å². The molecule has 0 saturated carbocycles. The van der Waals surface area contributed by atoms with Crippen molar-refractivity contribution in [2.75, 3.05) is 0 Å². The largest absolute Gasteiger partial charge is 0.332 e. The maximum absolute atomic E-state index is 12.4. The number of nitrogens with one attached hydrogen (secondary N) is 1. The predicted molar refractivity (Wildman–Crippen MR) is 97.6 cm³/mol. The van der Waals surface area contributed by atoms with Crippen molar-refractivity contribution in [3.05, 3.63) is 64.5 Å². The predicted octanol–water partition coefficient (Wildman–Crippen LogP) is 2.91. The molecule has 7 nitrogen and oxygen atoms in total. The summed E-state index contributed by atoms with van der Waals surface area (Å²) in [4.78, 5) is 20.4. The molecule has 0 fully saturated rings. The van der Waals surface area contributed by atoms with Crippen LogP contribution in [-0.2, 0) is 17.1 Å². The minimum absolute atomic E-state index is 0.00905. The molecule has 0 spiro atoms. The van der Waals surface area contributed by atoms with Crippen molar-refractivity contribution in [1.29, 1.82) is 0 Å². The maximum atomic E-state index is 12.4. The van der Waals surface area contributed by atoms with Crippen LogP contribution in [-0.4, -0.2) is 28.9 Å². The van der Waals surface area contributed by atoms with Crippen LogP contribution >= 0.6 is 23.2 Å². The Balaban J connectivity index is 1.91. The molecule has 0 aliphatic heterocycles. The van der Waals surface area contributed by atoms with Crippen molar-refractivity contribution >= 4 is 39.1 Å². The third-order valence-electron chi connectivity index (χ3n) is 3.43. The van der Waals surface area contributed by atoms with Crippen molar-refractivity contribution < 1.29 is 13.2 Å². The SMILES string of the molecule is Cn1cc(C(=O)NS(=O)(=O)c2ccccc2Cl)nc1-c1ncccc1Cl. The van der Waals surface area contributed by atoms with Crippen LogP contribution in [0.4, 0.5) is 0 Å². The normalized spacial score (nSPS) is 11.3. The van der Waals surface area contributed by atoms with Gasteiger partial charge in [-0.25, -0.2) is 18.1 Å². The topological polar surface area (TPSA) is 94.0 Å². The number of amides is 1. The van der Waals surface area contributed by atoms with E-state index in [4.69, 9.17) is 23.2 Å². The van der Waals surface area contributed by atoms with Crippen LogP contribution in [0.25, 0.3) is 11.5 Å². The maximum Gasteiger partial charge on any atom is 0.285 e. The lowest BCUT2D eigenvalue weighted by Gasteiger charge is -2.06. The Kier molecular flexibility index (Phi) is 4.99. The lowest BCUT2D eigenvalue weighted by Crippen LogP contribution is -2.31. The molecular weight excluding hydrogens is 399 g/mol. The molecule has 134 valence electrons. The van der Waals surface area contributed by atoms with Gasteiger partial charge in [-0.15, -0.1) is 0 Å². The van der Waals surface area contributed by atoms with E-state index in [0.29, 0.717) is 16.5 Å². The molecule has 26 heavy (non-hydrogen) atoms. The molecule has 0 bridgehead atoms. The molecule has 0 atom stereocenters. The van der Waals surface area contributed by atoms with Gasteiger partial charge in [-0.3, -0.25) is 9.78 Å². The fourth-order valence-corrected chi connectivity index (χ4v) is 3.93. The summed E-state index contributed by atoms with van der Waals surface area (Å²) in [6, 6.07) is 9.12. The quantitative estimate of drug-likeness (QED) is 0.713. The lowest BCUT2D eigenvalue weighted by molar-refractivity contribution is 0.0977. The Labute approximate surface area is 159 Å². The van der Waals surface area contributed by atoms with Gasteiger partial charge in [-0.05, 0) is 24.3 Å². The van der Waals surface area contributed by atoms with Crippen LogP contribution in [0.1, 0.15) is 10.5 Å². The molecule has 1 N–H and O–H groups in total. The molecule has 1 amide bonds. The van der Waals surface area contributed by atoms with E-state index in [-0.39, 0.29) is 15.6 Å². The molecule has 10 heteroatoms. The molecule has 2 aromatic heterocycles. The molecule has 2 heterocycles. The highest BCUT2D eigenvalue weighted by molar-refractivity contribution is 7.90. The Bertz CT molecular complexity index is 1100. The lowest BCUT2D eigenvalue weighted by atomic mass is 10.3. The Morgan fingerprint density at radius 3 is 2.50 bits per heavy atom. The van der Waals surface area contributed by atoms with E-state index >= 15 is 0 Å². The van der Waals surface area contributed by atoms with Gasteiger partial charge in [0.15, 0.2) is 5.82 Å². The second kappa shape index (κ2) is 7.06. The fourth-order valence-electron chi connectivity index (χ4n) is 2.24. The third kappa shape index (κ3) is 3.57. The number of sulfonamides is 1. The number of halogens is 2. The van der Waals surface area contributed by atoms with Gasteiger partial charge in [-0.1, -0.05) is 35.3 Å². The minimum atomic E-state index is -4.14. The first-order valence-electron chi connectivity index (χ1n) is 7.25. The molecule has 3 rings (SSSR count). The summed E-state index contributed by atoms with van der Waals surface area (Å²) in [7, 11) is -2.49. The van der Waals surface area contributed by atoms with Gasteiger partial charge in [0.25, 0.3) is 15.9 Å². The zero-order valence-electron chi connectivity index (χ0n) is 13.3. The molecule has 0 unspecified atom stereocenters. The van der Waals surface area contributed by atoms with E-state index in [1.807, 2.05) is 4.72 Å². The molecule has 0 aliphatic carbocycles. The Morgan fingerprint density at radius 1 is 1.12 bits per heavy atom. The average molecular weight is 411 g/mol. The number of imidazole rings is 1. The molecule has 0 radical (unpaired) electrons. The zero-order chi connectivity index (χ0) is 18.9. The van der Waals surface area contributed by atoms with Crippen LogP contribution in [0.15, 0.2) is 53.7 Å². The van der Waals surface area contributed by atoms with Crippen LogP contribution in [0.3, 0.4) is 0 Å². The van der Waals surface area contributed by atoms with Gasteiger partial charge >= 0.3 is 0 Å². The van der Waals surface area contributed by atoms with E-state index in [1.165, 1.54) is 35.2 Å². The highest BCUT2D eigenvalue weighted by atomic mass is 35.5. The van der Waals surface area contributed by atoms with Gasteiger partial charge in [-0.2, -0.15) is 0 Å². The van der Waals surface area contributed by atoms with E-state index in [1.54, 1.807) is 25.2 Å². The van der Waals surface area contributed by atoms with Crippen molar-refractivity contribution in [3.63, 3.8) is 0 Å². The van der Waals surface area contributed by atoms with Gasteiger partial charge < -0.3 is 4.57 Å². The number of benzene rings is 1. The zero-order valence-corrected chi connectivity index (χ0v) is 15.7. The molecule has 3 aromatic rings. The summed E-state index contributed by atoms with van der Waals surface area (Å²) in [5.74, 6) is -0.560. The number of rotatable bonds is 4. The summed E-state index contributed by atoms with van der Waals surface area (Å²) in [6.07, 6.45) is 2.93. The highest BCUT2D eigenvalue weighted by Gasteiger charge is 2.24. The second-order valence-corrected chi connectivity index (χ2v) is 7.72. The minimum Gasteiger partial charge on any atom is -0.332 e. The smallest absolute Gasteiger partial charge is 0.285 e. The number of aryl methyl sites for hydroxylation is 1. The summed E-state index contributed by atoms with van der Waals surface area (Å²) in [5, 5.41) is 0.367. The molecule has 1 aromatic carbocycles. The van der Waals surface area contributed by atoms with E-state index in [0.717, 1.165) is 0 Å². The number of carbonyl (C=O) groups excluding carboxylic acids is 1. The number of aromatic nitrogens is 3. The monoisotopic (exact) mass is 410 g/mol. The van der Waals surface area contributed by atoms with Crippen molar-refractivity contribution in [2.45, 2.75) is 4.90 Å². The molecular formula is C16H12Cl2N4O3S. The number of nitrogens with zero attached hydrogens (tertiary/aromatic N) is 3. The summed E-state index contributed by atoms with van der Waals surface area (Å²) < 4.78 is 28.2. The van der Waals surface area contributed by atoms with Crippen molar-refractivity contribution in [3.8, 4) is 11.5 Å². The van der Waals surface area contributed by atoms with Gasteiger partial charge in [0.1, 0.15) is 16.3 Å². The Morgan fingerprint density at radius 2 is 1.81 bits per heavy atom.